The van der Waals surface area contributed by atoms with E-state index >= 15 is 0 Å². The molecule has 35 heavy (non-hydrogen) atoms. The second kappa shape index (κ2) is 6.86. The Morgan fingerprint density at radius 3 is 2.09 bits per heavy atom. The first-order chi connectivity index (χ1) is 16.0. The summed E-state index contributed by atoms with van der Waals surface area (Å²) in [5.74, 6) is 0.544. The molecule has 5 nitrogen and oxygen atoms in total. The molecule has 1 heterocycles. The van der Waals surface area contributed by atoms with E-state index in [-0.39, 0.29) is 51.1 Å². The predicted octanol–water partition coefficient (Wildman–Crippen LogP) is 4.44. The Hall–Kier alpha value is -0.200. The Morgan fingerprint density at radius 1 is 0.771 bits per heavy atom. The molecular formula is C30H50O5. The molecule has 6 rings (SSSR count). The number of ether oxygens (including phenoxy) is 1. The minimum absolute atomic E-state index is 0.00561. The quantitative estimate of drug-likeness (QED) is 0.460. The van der Waals surface area contributed by atoms with E-state index in [1.807, 2.05) is 13.8 Å². The van der Waals surface area contributed by atoms with Crippen LogP contribution in [0, 0.1) is 44.8 Å². The Labute approximate surface area is 212 Å². The molecule has 0 bridgehead atoms. The van der Waals surface area contributed by atoms with Crippen LogP contribution in [0.15, 0.2) is 0 Å². The molecule has 0 radical (unpaired) electrons. The van der Waals surface area contributed by atoms with E-state index in [4.69, 9.17) is 4.74 Å². The fraction of sp³-hybridized carbons (Fsp3) is 1.00. The molecule has 4 N–H and O–H groups in total. The highest BCUT2D eigenvalue weighted by Crippen LogP contribution is 2.89. The van der Waals surface area contributed by atoms with Gasteiger partial charge in [0.15, 0.2) is 0 Å². The average Bonchev–Trinajstić information content (AvgIpc) is 3.08. The predicted molar refractivity (Wildman–Crippen MR) is 134 cm³/mol. The topological polar surface area (TPSA) is 90.2 Å². The van der Waals surface area contributed by atoms with Crippen LogP contribution in [0.4, 0.5) is 0 Å². The molecule has 5 heteroatoms. The van der Waals surface area contributed by atoms with Gasteiger partial charge in [-0.25, -0.2) is 0 Å². The van der Waals surface area contributed by atoms with E-state index in [1.54, 1.807) is 0 Å². The third-order valence-corrected chi connectivity index (χ3v) is 13.8. The van der Waals surface area contributed by atoms with Crippen molar-refractivity contribution in [2.24, 2.45) is 44.8 Å². The van der Waals surface area contributed by atoms with Gasteiger partial charge in [0.1, 0.15) is 0 Å². The minimum atomic E-state index is -0.893. The van der Waals surface area contributed by atoms with E-state index in [1.165, 1.54) is 6.42 Å². The van der Waals surface area contributed by atoms with Gasteiger partial charge in [-0.15, -0.1) is 0 Å². The highest BCUT2D eigenvalue weighted by atomic mass is 16.5. The van der Waals surface area contributed by atoms with Crippen molar-refractivity contribution in [3.63, 3.8) is 0 Å². The largest absolute Gasteiger partial charge is 0.393 e. The highest BCUT2D eigenvalue weighted by molar-refractivity contribution is 5.33. The Morgan fingerprint density at radius 2 is 1.46 bits per heavy atom. The molecule has 0 amide bonds. The van der Waals surface area contributed by atoms with Gasteiger partial charge in [0, 0.05) is 5.92 Å². The van der Waals surface area contributed by atoms with Crippen LogP contribution >= 0.6 is 0 Å². The van der Waals surface area contributed by atoms with Gasteiger partial charge in [0.2, 0.25) is 0 Å². The smallest absolute Gasteiger partial charge is 0.0865 e. The van der Waals surface area contributed by atoms with Crippen molar-refractivity contribution >= 4 is 0 Å². The second-order valence-electron chi connectivity index (χ2n) is 15.9. The van der Waals surface area contributed by atoms with Gasteiger partial charge in [0.25, 0.3) is 0 Å². The maximum Gasteiger partial charge on any atom is 0.0865 e. The lowest BCUT2D eigenvalue weighted by Crippen LogP contribution is -2.62. The number of fused-ring (bicyclic) bond motifs is 2. The second-order valence-corrected chi connectivity index (χ2v) is 15.9. The van der Waals surface area contributed by atoms with Crippen LogP contribution in [0.5, 0.6) is 0 Å². The van der Waals surface area contributed by atoms with Gasteiger partial charge < -0.3 is 25.2 Å². The SMILES string of the molecule is CC1(C2[C@@H](O)C[C@@]3(C)[C@@H]4[C@H](O)C[C@H]5C(C)(C)[C@@H](O)CC[C@@]56C[C@@]46CC[C@]23C)CC[C@H](C(C)(C)O)O1. The molecule has 200 valence electrons. The van der Waals surface area contributed by atoms with Crippen molar-refractivity contribution < 1.29 is 25.2 Å². The van der Waals surface area contributed by atoms with Gasteiger partial charge >= 0.3 is 0 Å². The van der Waals surface area contributed by atoms with Crippen molar-refractivity contribution in [3.8, 4) is 0 Å². The summed E-state index contributed by atoms with van der Waals surface area (Å²) in [5.41, 5.74) is -1.44. The van der Waals surface area contributed by atoms with Gasteiger partial charge in [-0.1, -0.05) is 27.7 Å². The van der Waals surface area contributed by atoms with E-state index < -0.39 is 23.4 Å². The molecule has 1 saturated heterocycles. The number of aliphatic hydroxyl groups is 4. The monoisotopic (exact) mass is 490 g/mol. The first-order valence-electron chi connectivity index (χ1n) is 14.4. The van der Waals surface area contributed by atoms with Gasteiger partial charge in [-0.3, -0.25) is 0 Å². The summed E-state index contributed by atoms with van der Waals surface area (Å²) in [6.45, 7) is 15.0. The lowest BCUT2D eigenvalue weighted by molar-refractivity contribution is -0.217. The van der Waals surface area contributed by atoms with Crippen molar-refractivity contribution in [1.82, 2.24) is 0 Å². The summed E-state index contributed by atoms with van der Waals surface area (Å²) >= 11 is 0. The van der Waals surface area contributed by atoms with Gasteiger partial charge in [-0.2, -0.15) is 0 Å². The zero-order chi connectivity index (χ0) is 25.6. The van der Waals surface area contributed by atoms with Gasteiger partial charge in [-0.05, 0) is 117 Å². The molecule has 1 aliphatic heterocycles. The number of hydrogen-bond donors (Lipinski definition) is 4. The molecule has 0 aromatic heterocycles. The molecule has 6 aliphatic rings. The summed E-state index contributed by atoms with van der Waals surface area (Å²) in [6, 6.07) is 0. The number of hydrogen-bond acceptors (Lipinski definition) is 5. The molecule has 5 aliphatic carbocycles. The van der Waals surface area contributed by atoms with Crippen LogP contribution in [0.2, 0.25) is 0 Å². The van der Waals surface area contributed by atoms with Crippen LogP contribution in [0.3, 0.4) is 0 Å². The van der Waals surface area contributed by atoms with Crippen LogP contribution in [0.1, 0.15) is 106 Å². The Bertz CT molecular complexity index is 911. The number of aliphatic hydroxyl groups excluding tert-OH is 3. The minimum Gasteiger partial charge on any atom is -0.393 e. The average molecular weight is 491 g/mol. The summed E-state index contributed by atoms with van der Waals surface area (Å²) in [5, 5.41) is 45.2. The van der Waals surface area contributed by atoms with E-state index in [0.717, 1.165) is 51.4 Å². The highest BCUT2D eigenvalue weighted by Gasteiger charge is 2.85. The lowest BCUT2D eigenvalue weighted by Gasteiger charge is -2.64. The number of rotatable bonds is 2. The summed E-state index contributed by atoms with van der Waals surface area (Å²) < 4.78 is 6.65. The van der Waals surface area contributed by atoms with Crippen LogP contribution in [0.25, 0.3) is 0 Å². The molecule has 6 fully saturated rings. The van der Waals surface area contributed by atoms with Gasteiger partial charge in [0.05, 0.1) is 35.6 Å². The first kappa shape index (κ1) is 25.1. The molecule has 0 aromatic rings. The summed E-state index contributed by atoms with van der Waals surface area (Å²) in [6.07, 6.45) is 7.11. The fourth-order valence-corrected chi connectivity index (χ4v) is 12.1. The van der Waals surface area contributed by atoms with Crippen LogP contribution < -0.4 is 0 Å². The molecular weight excluding hydrogens is 440 g/mol. The third kappa shape index (κ3) is 2.78. The van der Waals surface area contributed by atoms with Crippen LogP contribution in [-0.4, -0.2) is 56.0 Å². The standard InChI is InChI=1S/C30H50O5/c1-24(2)19-14-17(31)23-27(6)15-18(32)22(28(7)10-9-21(35-28)25(3,4)34)26(27,5)12-13-30(23)16-29(19,30)11-8-20(24)33/h17-23,31-34H,8-16H2,1-7H3/t17-,18+,19+,20+,21-,22?,23+,26-,27+,28?,29-,30+/m1/s1. The van der Waals surface area contributed by atoms with Crippen molar-refractivity contribution in [3.05, 3.63) is 0 Å². The van der Waals surface area contributed by atoms with Crippen molar-refractivity contribution in [2.45, 2.75) is 142 Å². The fourth-order valence-electron chi connectivity index (χ4n) is 12.1. The van der Waals surface area contributed by atoms with E-state index in [2.05, 4.69) is 34.6 Å². The molecule has 2 unspecified atom stereocenters. The summed E-state index contributed by atoms with van der Waals surface area (Å²) in [4.78, 5) is 0. The maximum absolute atomic E-state index is 11.9. The Kier molecular flexibility index (Phi) is 4.92. The summed E-state index contributed by atoms with van der Waals surface area (Å²) in [7, 11) is 0. The molecule has 12 atom stereocenters. The molecule has 5 saturated carbocycles. The van der Waals surface area contributed by atoms with Crippen molar-refractivity contribution in [1.29, 1.82) is 0 Å². The zero-order valence-corrected chi connectivity index (χ0v) is 23.1. The van der Waals surface area contributed by atoms with E-state index in [0.29, 0.717) is 5.92 Å². The third-order valence-electron chi connectivity index (χ3n) is 13.8. The van der Waals surface area contributed by atoms with Crippen LogP contribution in [-0.2, 0) is 4.74 Å². The lowest BCUT2D eigenvalue weighted by atomic mass is 9.41. The normalized spacial score (nSPS) is 60.9. The maximum atomic E-state index is 11.9. The first-order valence-corrected chi connectivity index (χ1v) is 14.4. The van der Waals surface area contributed by atoms with Crippen molar-refractivity contribution in [2.75, 3.05) is 0 Å². The zero-order valence-electron chi connectivity index (χ0n) is 23.1. The molecule has 0 aromatic carbocycles. The Balaban J connectivity index is 1.37. The van der Waals surface area contributed by atoms with E-state index in [9.17, 15) is 20.4 Å². The molecule has 2 spiro atoms.